The second-order valence-corrected chi connectivity index (χ2v) is 2.39. The van der Waals surface area contributed by atoms with Crippen LogP contribution in [-0.2, 0) is 0 Å². The van der Waals surface area contributed by atoms with E-state index in [-0.39, 0.29) is 5.75 Å². The lowest BCUT2D eigenvalue weighted by atomic mass is 10.3. The van der Waals surface area contributed by atoms with E-state index in [1.54, 1.807) is 12.1 Å². The first-order valence-corrected chi connectivity index (χ1v) is 3.42. The molecule has 0 saturated carbocycles. The molecule has 0 heterocycles. The van der Waals surface area contributed by atoms with E-state index in [1.165, 1.54) is 12.1 Å². The summed E-state index contributed by atoms with van der Waals surface area (Å²) in [6.07, 6.45) is 0. The van der Waals surface area contributed by atoms with Gasteiger partial charge in [-0.25, -0.2) is 0 Å². The van der Waals surface area contributed by atoms with Crippen LogP contribution in [0.4, 0.5) is 10.5 Å². The molecule has 0 bridgehead atoms. The highest BCUT2D eigenvalue weighted by atomic mass is 32.1. The van der Waals surface area contributed by atoms with Gasteiger partial charge < -0.3 is 10.4 Å². The van der Waals surface area contributed by atoms with Gasteiger partial charge in [0.15, 0.2) is 0 Å². The average Bonchev–Trinajstić information content (AvgIpc) is 1.85. The molecule has 58 valence electrons. The van der Waals surface area contributed by atoms with Gasteiger partial charge in [-0.1, -0.05) is 18.7 Å². The van der Waals surface area contributed by atoms with Crippen molar-refractivity contribution in [2.24, 2.45) is 0 Å². The van der Waals surface area contributed by atoms with Gasteiger partial charge in [0.1, 0.15) is 5.75 Å². The van der Waals surface area contributed by atoms with E-state index in [0.29, 0.717) is 5.69 Å². The second kappa shape index (κ2) is 3.30. The van der Waals surface area contributed by atoms with Crippen LogP contribution in [0.1, 0.15) is 0 Å². The fourth-order valence-corrected chi connectivity index (χ4v) is 0.836. The summed E-state index contributed by atoms with van der Waals surface area (Å²) >= 11 is 3.51. The molecule has 1 aromatic rings. The maximum Gasteiger partial charge on any atom is 0.280 e. The first-order valence-electron chi connectivity index (χ1n) is 2.97. The molecule has 0 unspecified atom stereocenters. The Hall–Kier alpha value is -1.16. The molecule has 0 spiro atoms. The molecule has 3 nitrogen and oxygen atoms in total. The Labute approximate surface area is 69.5 Å². The van der Waals surface area contributed by atoms with Crippen molar-refractivity contribution < 1.29 is 9.90 Å². The Morgan fingerprint density at radius 3 is 2.82 bits per heavy atom. The Morgan fingerprint density at radius 2 is 2.27 bits per heavy atom. The minimum atomic E-state index is -0.449. The summed E-state index contributed by atoms with van der Waals surface area (Å²) in [6, 6.07) is 6.25. The van der Waals surface area contributed by atoms with Crippen LogP contribution in [-0.4, -0.2) is 10.3 Å². The first kappa shape index (κ1) is 7.94. The second-order valence-electron chi connectivity index (χ2n) is 1.98. The summed E-state index contributed by atoms with van der Waals surface area (Å²) < 4.78 is 0. The topological polar surface area (TPSA) is 49.3 Å². The Bertz CT molecular complexity index is 275. The summed E-state index contributed by atoms with van der Waals surface area (Å²) in [7, 11) is 0. The monoisotopic (exact) mass is 169 g/mol. The number of aromatic hydroxyl groups is 1. The molecule has 11 heavy (non-hydrogen) atoms. The van der Waals surface area contributed by atoms with Gasteiger partial charge in [-0.2, -0.15) is 0 Å². The molecule has 1 rings (SSSR count). The first-order chi connectivity index (χ1) is 5.18. The van der Waals surface area contributed by atoms with Crippen molar-refractivity contribution in [3.05, 3.63) is 24.3 Å². The largest absolute Gasteiger partial charge is 0.508 e. The maximum absolute atomic E-state index is 10.4. The Kier molecular flexibility index (Phi) is 2.38. The molecule has 0 saturated heterocycles. The lowest BCUT2D eigenvalue weighted by molar-refractivity contribution is 0.270. The molecule has 0 radical (unpaired) electrons. The zero-order valence-electron chi connectivity index (χ0n) is 5.61. The number of benzene rings is 1. The normalized spacial score (nSPS) is 9.18. The van der Waals surface area contributed by atoms with Crippen LogP contribution in [0.25, 0.3) is 0 Å². The Morgan fingerprint density at radius 1 is 1.55 bits per heavy atom. The van der Waals surface area contributed by atoms with Crippen LogP contribution in [0, 0.1) is 0 Å². The fraction of sp³-hybridized carbons (Fsp3) is 0. The fourth-order valence-electron chi connectivity index (χ4n) is 0.707. The van der Waals surface area contributed by atoms with Crippen LogP contribution < -0.4 is 5.32 Å². The van der Waals surface area contributed by atoms with Gasteiger partial charge >= 0.3 is 0 Å². The molecule has 2 N–H and O–H groups in total. The minimum Gasteiger partial charge on any atom is -0.508 e. The van der Waals surface area contributed by atoms with E-state index in [4.69, 9.17) is 5.11 Å². The third-order valence-electron chi connectivity index (χ3n) is 1.10. The van der Waals surface area contributed by atoms with Crippen molar-refractivity contribution in [2.45, 2.75) is 0 Å². The van der Waals surface area contributed by atoms with Gasteiger partial charge in [-0.05, 0) is 12.1 Å². The highest BCUT2D eigenvalue weighted by Gasteiger charge is 1.95. The van der Waals surface area contributed by atoms with Gasteiger partial charge in [0.25, 0.3) is 5.24 Å². The summed E-state index contributed by atoms with van der Waals surface area (Å²) in [5, 5.41) is 10.9. The lowest BCUT2D eigenvalue weighted by Gasteiger charge is -1.99. The van der Waals surface area contributed by atoms with E-state index < -0.39 is 5.24 Å². The van der Waals surface area contributed by atoms with Gasteiger partial charge in [0, 0.05) is 11.8 Å². The molecule has 0 atom stereocenters. The molecule has 0 aromatic heterocycles. The van der Waals surface area contributed by atoms with E-state index in [2.05, 4.69) is 17.9 Å². The predicted octanol–water partition coefficient (Wildman–Crippen LogP) is 1.85. The third-order valence-corrected chi connectivity index (χ3v) is 1.21. The summed E-state index contributed by atoms with van der Waals surface area (Å²) in [5.74, 6) is 0.115. The summed E-state index contributed by atoms with van der Waals surface area (Å²) in [4.78, 5) is 10.4. The number of phenols is 1. The van der Waals surface area contributed by atoms with Crippen molar-refractivity contribution in [1.82, 2.24) is 0 Å². The number of carbonyl (C=O) groups excluding carboxylic acids is 1. The minimum absolute atomic E-state index is 0.115. The summed E-state index contributed by atoms with van der Waals surface area (Å²) in [6.45, 7) is 0. The molecular weight excluding hydrogens is 162 g/mol. The van der Waals surface area contributed by atoms with Crippen molar-refractivity contribution in [3.63, 3.8) is 0 Å². The number of hydrogen-bond acceptors (Lipinski definition) is 2. The smallest absolute Gasteiger partial charge is 0.280 e. The number of anilines is 1. The van der Waals surface area contributed by atoms with Gasteiger partial charge in [0.05, 0.1) is 0 Å². The highest BCUT2D eigenvalue weighted by Crippen LogP contribution is 2.15. The Balaban J connectivity index is 2.79. The van der Waals surface area contributed by atoms with Crippen LogP contribution in [0.15, 0.2) is 24.3 Å². The molecular formula is C7H7NO2S. The van der Waals surface area contributed by atoms with E-state index in [9.17, 15) is 4.79 Å². The molecule has 1 amide bonds. The molecule has 0 aliphatic carbocycles. The SMILES string of the molecule is O=C(S)Nc1cccc(O)c1. The van der Waals surface area contributed by atoms with Gasteiger partial charge in [-0.15, -0.1) is 0 Å². The van der Waals surface area contributed by atoms with Crippen LogP contribution >= 0.6 is 12.6 Å². The van der Waals surface area contributed by atoms with Crippen molar-refractivity contribution in [1.29, 1.82) is 0 Å². The number of carbonyl (C=O) groups is 1. The maximum atomic E-state index is 10.4. The van der Waals surface area contributed by atoms with E-state index >= 15 is 0 Å². The zero-order chi connectivity index (χ0) is 8.27. The number of rotatable bonds is 1. The standard InChI is InChI=1S/C7H7NO2S/c9-6-3-1-2-5(4-6)8-7(10)11/h1-4,9H,(H2,8,10,11). The number of hydrogen-bond donors (Lipinski definition) is 3. The van der Waals surface area contributed by atoms with Crippen LogP contribution in [0.2, 0.25) is 0 Å². The molecule has 0 aliphatic rings. The number of amides is 1. The molecule has 4 heteroatoms. The number of phenolic OH excluding ortho intramolecular Hbond substituents is 1. The van der Waals surface area contributed by atoms with Crippen molar-refractivity contribution in [3.8, 4) is 5.75 Å². The van der Waals surface area contributed by atoms with E-state index in [0.717, 1.165) is 0 Å². The predicted molar refractivity (Wildman–Crippen MR) is 46.1 cm³/mol. The van der Waals surface area contributed by atoms with Crippen molar-refractivity contribution in [2.75, 3.05) is 5.32 Å². The molecule has 0 aliphatic heterocycles. The summed E-state index contributed by atoms with van der Waals surface area (Å²) in [5.41, 5.74) is 0.532. The van der Waals surface area contributed by atoms with Crippen LogP contribution in [0.3, 0.4) is 0 Å². The quantitative estimate of drug-likeness (QED) is 0.562. The van der Waals surface area contributed by atoms with Crippen LogP contribution in [0.5, 0.6) is 5.75 Å². The van der Waals surface area contributed by atoms with Gasteiger partial charge in [0.2, 0.25) is 0 Å². The highest BCUT2D eigenvalue weighted by molar-refractivity contribution is 7.96. The average molecular weight is 169 g/mol. The molecule has 0 fully saturated rings. The number of thiol groups is 1. The van der Waals surface area contributed by atoms with Gasteiger partial charge in [-0.3, -0.25) is 4.79 Å². The number of nitrogens with one attached hydrogen (secondary N) is 1. The van der Waals surface area contributed by atoms with Crippen molar-refractivity contribution >= 4 is 23.6 Å². The third kappa shape index (κ3) is 2.51. The zero-order valence-corrected chi connectivity index (χ0v) is 6.51. The lowest BCUT2D eigenvalue weighted by Crippen LogP contribution is -2.00. The molecule has 1 aromatic carbocycles. The van der Waals surface area contributed by atoms with E-state index in [1.807, 2.05) is 0 Å².